The molecule has 10 unspecified atom stereocenters. The fraction of sp³-hybridized carbons (Fsp3) is 0.297. The van der Waals surface area contributed by atoms with Crippen LogP contribution in [0.2, 0.25) is 0 Å². The van der Waals surface area contributed by atoms with E-state index in [0.29, 0.717) is 45.8 Å². The van der Waals surface area contributed by atoms with E-state index in [1.807, 2.05) is 24.3 Å². The second-order valence-electron chi connectivity index (χ2n) is 43.5. The Bertz CT molecular complexity index is 8280. The summed E-state index contributed by atoms with van der Waals surface area (Å²) in [7, 11) is 0. The normalized spacial score (nSPS) is 22.5. The van der Waals surface area contributed by atoms with Crippen molar-refractivity contribution in [3.63, 3.8) is 0 Å². The number of benzene rings is 13. The zero-order chi connectivity index (χ0) is 90.8. The summed E-state index contributed by atoms with van der Waals surface area (Å²) in [5.41, 5.74) is 30.9. The van der Waals surface area contributed by atoms with Gasteiger partial charge < -0.3 is 17.6 Å². The van der Waals surface area contributed by atoms with E-state index in [4.69, 9.17) is 19.9 Å². The molecule has 8 aliphatic carbocycles. The van der Waals surface area contributed by atoms with E-state index in [9.17, 15) is 0 Å². The van der Waals surface area contributed by atoms with Crippen LogP contribution >= 0.6 is 0 Å². The van der Waals surface area contributed by atoms with Crippen molar-refractivity contribution < 1.29 is 80.4 Å². The predicted molar refractivity (Wildman–Crippen MR) is 562 cm³/mol. The van der Waals surface area contributed by atoms with Gasteiger partial charge in [0.1, 0.15) is 0 Å². The third kappa shape index (κ3) is 15.5. The molecular weight excluding hydrogens is 2420 g/mol. The summed E-state index contributed by atoms with van der Waals surface area (Å²) in [4.78, 5) is 20.0. The number of pyridine rings is 4. The summed E-state index contributed by atoms with van der Waals surface area (Å²) in [5.74, 6) is 8.28. The van der Waals surface area contributed by atoms with Gasteiger partial charge >= 0.3 is 0 Å². The molecule has 29 rings (SSSR count). The molecule has 8 heterocycles. The van der Waals surface area contributed by atoms with Gasteiger partial charge in [0.2, 0.25) is 0 Å². The summed E-state index contributed by atoms with van der Waals surface area (Å²) in [6.45, 7) is 14.8. The van der Waals surface area contributed by atoms with Crippen LogP contribution in [-0.4, -0.2) is 37.5 Å². The largest absolute Gasteiger partial charge is 0.333 e. The van der Waals surface area contributed by atoms with Gasteiger partial charge in [0, 0.05) is 155 Å². The van der Waals surface area contributed by atoms with E-state index in [-0.39, 0.29) is 80.4 Å². The standard InChI is InChI=1S/C35H33N2.C31H29N2.C31H23N2.C31H31N2.4Ir/c1-2-8-29-25(6-1)26-7-3-4-11-32(26)37-33(20-36-35(29)37)34-27(30-18-21-12-14-23(30)16-21)9-5-10-28(34)31-19-22-13-15-24(31)17-22;1-30(2)20-16-17-31(30,3)26(18-20)22-11-5-6-13-24(22)28-19-32-29-25-14-7-4-10-21(25)23-12-8-9-15-27(23)33(28)29;1-2-12-22-21(10-1)11-9-18-23(22)24-13-3-5-16-27(24)30-20-32-31-28-17-6-4-14-25(28)26-15-7-8-19-29(26)33(30)31;1-31(2,3)22-18-16-21(17-19-22)23-10-4-6-12-25(23)29-20-32-30-27-14-7-5-11-24(27)26-13-8-9-15-28(26)33(29)30;;;;/h1-7,9-11,20-24,30-31H,12-19H2;4-13,15,19-20,26H,16-18H2,1-3H3;1-8,10,12-16,19-20,23H,9,11,18H2;4-13,15,20-22H,16-19H2,1-3H3;;;;/q4*-1;;;;. The summed E-state index contributed by atoms with van der Waals surface area (Å²) < 4.78 is 9.54. The molecule has 21 aromatic rings. The van der Waals surface area contributed by atoms with E-state index in [1.54, 1.807) is 11.1 Å². The fourth-order valence-electron chi connectivity index (χ4n) is 28.7. The molecule has 8 nitrogen and oxygen atoms in total. The van der Waals surface area contributed by atoms with Gasteiger partial charge in [0.05, 0.1) is 45.4 Å². The van der Waals surface area contributed by atoms with Gasteiger partial charge in [-0.1, -0.05) is 264 Å². The van der Waals surface area contributed by atoms with Gasteiger partial charge in [-0.25, -0.2) is 0 Å². The zero-order valence-corrected chi connectivity index (χ0v) is 90.0. The van der Waals surface area contributed by atoms with Gasteiger partial charge in [0.15, 0.2) is 0 Å². The topological polar surface area (TPSA) is 69.2 Å². The van der Waals surface area contributed by atoms with Crippen LogP contribution < -0.4 is 0 Å². The van der Waals surface area contributed by atoms with E-state index < -0.39 is 0 Å². The Hall–Kier alpha value is -10.7. The van der Waals surface area contributed by atoms with Crippen molar-refractivity contribution in [1.29, 1.82) is 0 Å². The first kappa shape index (κ1) is 94.2. The van der Waals surface area contributed by atoms with E-state index in [2.05, 4.69) is 369 Å². The van der Waals surface area contributed by atoms with Crippen LogP contribution in [0.3, 0.4) is 0 Å². The maximum Gasteiger partial charge on any atom is 0.0639 e. The second-order valence-corrected chi connectivity index (χ2v) is 43.5. The monoisotopic (exact) mass is 2540 g/mol. The molecule has 6 bridgehead atoms. The Morgan fingerprint density at radius 1 is 0.321 bits per heavy atom. The van der Waals surface area contributed by atoms with Gasteiger partial charge in [0.25, 0.3) is 0 Å². The van der Waals surface area contributed by atoms with Crippen molar-refractivity contribution in [2.24, 2.45) is 51.8 Å². The number of nitrogens with zero attached hydrogens (tertiary/aromatic N) is 8. The minimum atomic E-state index is 0. The molecule has 140 heavy (non-hydrogen) atoms. The number of para-hydroxylation sites is 4. The van der Waals surface area contributed by atoms with Crippen molar-refractivity contribution in [2.45, 2.75) is 187 Å². The summed E-state index contributed by atoms with van der Waals surface area (Å²) in [6.07, 6.45) is 32.6. The summed E-state index contributed by atoms with van der Waals surface area (Å²) in [5, 5.41) is 14.3. The molecule has 8 aromatic heterocycles. The molecule has 0 spiro atoms. The number of imidazole rings is 4. The molecule has 13 aromatic carbocycles. The molecular formula is C128H116Ir4N8-4. The Morgan fingerprint density at radius 3 is 1.09 bits per heavy atom. The van der Waals surface area contributed by atoms with Gasteiger partial charge in [-0.05, 0) is 263 Å². The van der Waals surface area contributed by atoms with Crippen molar-refractivity contribution in [2.75, 3.05) is 0 Å². The van der Waals surface area contributed by atoms with Crippen LogP contribution in [0.5, 0.6) is 0 Å². The number of fused-ring (bicyclic) bond motifs is 31. The molecule has 4 radical (unpaired) electrons. The fourth-order valence-corrected chi connectivity index (χ4v) is 28.7. The van der Waals surface area contributed by atoms with Crippen molar-refractivity contribution >= 4 is 109 Å². The maximum absolute atomic E-state index is 5.14. The van der Waals surface area contributed by atoms with Crippen molar-refractivity contribution in [3.8, 4) is 45.0 Å². The Morgan fingerprint density at radius 2 is 0.686 bits per heavy atom. The minimum Gasteiger partial charge on any atom is -0.333 e. The molecule has 8 aliphatic rings. The molecule has 708 valence electrons. The SMILES string of the molecule is CC(C)(C)C1CCC(c2ccccc2-c2cnc3c4[c-]cccc4c4ccccc4n23)CC1.CC1(C)C2CCC1(C)C(c1ccccc1-c1cnc3c4[c-]cccc4c4ccccc4n13)C2.[Ir].[Ir].[Ir].[Ir].[c-]1cccc2c1c1ncc(-c3c(C4CC5CCC4C5)cccc3C3CC4CCC3C4)n1c1ccccc21.[c-]1cccc2c1c1ncc(-c3ccccc3C3CCCc4ccccc43)n1c1ccccc21. The smallest absolute Gasteiger partial charge is 0.0639 e. The second kappa shape index (κ2) is 37.9. The maximum atomic E-state index is 5.14. The van der Waals surface area contributed by atoms with Crippen molar-refractivity contribution in [3.05, 3.63) is 373 Å². The molecule has 10 atom stereocenters. The van der Waals surface area contributed by atoms with Crippen LogP contribution in [0.15, 0.2) is 310 Å². The molecule has 12 heteroatoms. The quantitative estimate of drug-likeness (QED) is 0.107. The first-order valence-electron chi connectivity index (χ1n) is 51.0. The first-order valence-corrected chi connectivity index (χ1v) is 51.0. The molecule has 7 saturated carbocycles. The van der Waals surface area contributed by atoms with Gasteiger partial charge in [-0.15, -0.1) is 119 Å². The number of aryl methyl sites for hydroxylation is 1. The Kier molecular flexibility index (Phi) is 25.5. The number of rotatable bonds is 9. The van der Waals surface area contributed by atoms with Crippen LogP contribution in [0.1, 0.15) is 219 Å². The summed E-state index contributed by atoms with van der Waals surface area (Å²) in [6, 6.07) is 117. The van der Waals surface area contributed by atoms with Gasteiger partial charge in [-0.3, -0.25) is 19.9 Å². The van der Waals surface area contributed by atoms with Crippen molar-refractivity contribution in [1.82, 2.24) is 37.5 Å². The molecule has 0 saturated heterocycles. The number of hydrogen-bond donors (Lipinski definition) is 0. The minimum absolute atomic E-state index is 0. The average molecular weight is 2540 g/mol. The van der Waals surface area contributed by atoms with Crippen LogP contribution in [0.25, 0.3) is 154 Å². The molecule has 0 amide bonds. The molecule has 0 aliphatic heterocycles. The van der Waals surface area contributed by atoms with E-state index in [0.717, 1.165) is 85.3 Å². The van der Waals surface area contributed by atoms with Gasteiger partial charge in [-0.2, -0.15) is 0 Å². The van der Waals surface area contributed by atoms with Crippen LogP contribution in [-0.2, 0) is 86.8 Å². The van der Waals surface area contributed by atoms with E-state index in [1.165, 1.54) is 248 Å². The number of aromatic nitrogens is 8. The Balaban J connectivity index is 0.000000106. The predicted octanol–water partition coefficient (Wildman–Crippen LogP) is 32.9. The van der Waals surface area contributed by atoms with Crippen LogP contribution in [0.4, 0.5) is 0 Å². The first-order chi connectivity index (χ1) is 66.8. The van der Waals surface area contributed by atoms with Crippen LogP contribution in [0, 0.1) is 76.0 Å². The summed E-state index contributed by atoms with van der Waals surface area (Å²) >= 11 is 0. The Labute approximate surface area is 875 Å². The zero-order valence-electron chi connectivity index (χ0n) is 80.4. The molecule has 0 N–H and O–H groups in total. The number of hydrogen-bond acceptors (Lipinski definition) is 4. The third-order valence-corrected chi connectivity index (χ3v) is 35.8. The van der Waals surface area contributed by atoms with E-state index >= 15 is 0 Å². The third-order valence-electron chi connectivity index (χ3n) is 35.8. The average Bonchev–Trinajstić information content (AvgIpc) is 1.55. The molecule has 7 fully saturated rings.